The Bertz CT molecular complexity index is 749. The zero-order valence-corrected chi connectivity index (χ0v) is 12.8. The van der Waals surface area contributed by atoms with Gasteiger partial charge in [0.25, 0.3) is 5.91 Å². The second-order valence-corrected chi connectivity index (χ2v) is 4.96. The summed E-state index contributed by atoms with van der Waals surface area (Å²) in [5, 5.41) is 9.41. The highest BCUT2D eigenvalue weighted by molar-refractivity contribution is 5.96. The van der Waals surface area contributed by atoms with Crippen molar-refractivity contribution in [1.29, 1.82) is 0 Å². The van der Waals surface area contributed by atoms with Gasteiger partial charge in [-0.25, -0.2) is 4.68 Å². The molecule has 23 heavy (non-hydrogen) atoms. The van der Waals surface area contributed by atoms with Crippen LogP contribution in [0.4, 0.5) is 5.82 Å². The fourth-order valence-electron chi connectivity index (χ4n) is 1.99. The van der Waals surface area contributed by atoms with E-state index in [0.29, 0.717) is 17.1 Å². The summed E-state index contributed by atoms with van der Waals surface area (Å²) in [7, 11) is 0. The van der Waals surface area contributed by atoms with Gasteiger partial charge >= 0.3 is 0 Å². The molecule has 0 saturated carbocycles. The number of nitrogens with two attached hydrogens (primary N) is 1. The van der Waals surface area contributed by atoms with Gasteiger partial charge in [0.1, 0.15) is 5.82 Å². The predicted octanol–water partition coefficient (Wildman–Crippen LogP) is 0.354. The first-order valence-electron chi connectivity index (χ1n) is 6.88. The molecule has 0 aliphatic heterocycles. The van der Waals surface area contributed by atoms with Gasteiger partial charge in [-0.05, 0) is 31.2 Å². The normalized spacial score (nSPS) is 10.2. The van der Waals surface area contributed by atoms with Crippen molar-refractivity contribution in [3.8, 4) is 5.69 Å². The molecular weight excluding hydrogens is 298 g/mol. The number of hydrogen-bond acceptors (Lipinski definition) is 4. The van der Waals surface area contributed by atoms with Crippen molar-refractivity contribution in [2.24, 2.45) is 5.73 Å². The molecule has 3 amide bonds. The molecule has 8 heteroatoms. The average Bonchev–Trinajstić information content (AvgIpc) is 2.84. The monoisotopic (exact) mass is 315 g/mol. The topological polar surface area (TPSA) is 119 Å². The summed E-state index contributed by atoms with van der Waals surface area (Å²) < 4.78 is 1.57. The molecule has 0 radical (unpaired) electrons. The lowest BCUT2D eigenvalue weighted by molar-refractivity contribution is -0.117. The Labute approximate surface area is 132 Å². The van der Waals surface area contributed by atoms with Crippen molar-refractivity contribution < 1.29 is 14.4 Å². The summed E-state index contributed by atoms with van der Waals surface area (Å²) in [6, 6.07) is 8.32. The van der Waals surface area contributed by atoms with E-state index < -0.39 is 11.8 Å². The first-order chi connectivity index (χ1) is 10.9. The van der Waals surface area contributed by atoms with Crippen LogP contribution in [0.1, 0.15) is 23.0 Å². The van der Waals surface area contributed by atoms with Gasteiger partial charge in [0.05, 0.1) is 17.9 Å². The highest BCUT2D eigenvalue weighted by atomic mass is 16.2. The number of amides is 3. The van der Waals surface area contributed by atoms with E-state index in [4.69, 9.17) is 5.73 Å². The van der Waals surface area contributed by atoms with E-state index in [-0.39, 0.29) is 12.5 Å². The summed E-state index contributed by atoms with van der Waals surface area (Å²) in [5.74, 6) is -0.662. The molecule has 1 aromatic carbocycles. The molecule has 0 atom stereocenters. The van der Waals surface area contributed by atoms with Gasteiger partial charge in [0, 0.05) is 18.6 Å². The van der Waals surface area contributed by atoms with E-state index in [9.17, 15) is 14.4 Å². The third kappa shape index (κ3) is 4.16. The molecule has 0 bridgehead atoms. The fraction of sp³-hybridized carbons (Fsp3) is 0.200. The van der Waals surface area contributed by atoms with Crippen LogP contribution < -0.4 is 16.4 Å². The van der Waals surface area contributed by atoms with E-state index >= 15 is 0 Å². The number of aromatic nitrogens is 2. The van der Waals surface area contributed by atoms with Crippen LogP contribution in [0.15, 0.2) is 30.3 Å². The fourth-order valence-corrected chi connectivity index (χ4v) is 1.99. The molecule has 4 N–H and O–H groups in total. The van der Waals surface area contributed by atoms with E-state index in [2.05, 4.69) is 15.7 Å². The van der Waals surface area contributed by atoms with Crippen LogP contribution in [-0.4, -0.2) is 34.0 Å². The van der Waals surface area contributed by atoms with Gasteiger partial charge in [-0.3, -0.25) is 14.4 Å². The number of nitrogens with zero attached hydrogens (tertiary/aromatic N) is 2. The van der Waals surface area contributed by atoms with Gasteiger partial charge in [0.15, 0.2) is 0 Å². The van der Waals surface area contributed by atoms with Crippen LogP contribution >= 0.6 is 0 Å². The molecule has 2 rings (SSSR count). The van der Waals surface area contributed by atoms with Crippen LogP contribution in [0.3, 0.4) is 0 Å². The molecule has 0 spiro atoms. The number of carbonyl (C=O) groups is 3. The summed E-state index contributed by atoms with van der Waals surface area (Å²) in [6.07, 6.45) is 0. The number of carbonyl (C=O) groups excluding carboxylic acids is 3. The van der Waals surface area contributed by atoms with Gasteiger partial charge in [-0.15, -0.1) is 0 Å². The van der Waals surface area contributed by atoms with Gasteiger partial charge in [-0.1, -0.05) is 0 Å². The Balaban J connectivity index is 2.21. The maximum absolute atomic E-state index is 11.8. The van der Waals surface area contributed by atoms with Gasteiger partial charge in [0.2, 0.25) is 11.8 Å². The van der Waals surface area contributed by atoms with Crippen LogP contribution in [0.5, 0.6) is 0 Å². The molecule has 0 aliphatic rings. The van der Waals surface area contributed by atoms with E-state index in [1.807, 2.05) is 6.92 Å². The Morgan fingerprint density at radius 3 is 2.43 bits per heavy atom. The molecule has 1 aromatic heterocycles. The van der Waals surface area contributed by atoms with Crippen LogP contribution in [0.25, 0.3) is 5.69 Å². The van der Waals surface area contributed by atoms with Crippen molar-refractivity contribution in [2.75, 3.05) is 11.9 Å². The first kappa shape index (κ1) is 16.2. The average molecular weight is 315 g/mol. The molecule has 120 valence electrons. The first-order valence-corrected chi connectivity index (χ1v) is 6.88. The predicted molar refractivity (Wildman–Crippen MR) is 84.1 cm³/mol. The number of anilines is 1. The number of rotatable bonds is 5. The van der Waals surface area contributed by atoms with Gasteiger partial charge < -0.3 is 16.4 Å². The summed E-state index contributed by atoms with van der Waals surface area (Å²) in [6.45, 7) is 3.01. The molecule has 8 nitrogen and oxygen atoms in total. The van der Waals surface area contributed by atoms with E-state index in [0.717, 1.165) is 5.69 Å². The Hall–Kier alpha value is -3.16. The zero-order chi connectivity index (χ0) is 17.0. The largest absolute Gasteiger partial charge is 0.368 e. The lowest BCUT2D eigenvalue weighted by atomic mass is 10.2. The number of primary amides is 1. The highest BCUT2D eigenvalue weighted by Crippen LogP contribution is 2.17. The standard InChI is InChI=1S/C15H17N5O3/c1-9-7-14(18-10(2)21)20(19-9)12-5-3-11(4-6-12)15(23)17-8-13(16)22/h3-7H,8H2,1-2H3,(H2,16,22)(H,17,23)(H,18,21). The number of benzene rings is 1. The van der Waals surface area contributed by atoms with Gasteiger partial charge in [-0.2, -0.15) is 5.10 Å². The minimum absolute atomic E-state index is 0.200. The quantitative estimate of drug-likeness (QED) is 0.737. The summed E-state index contributed by atoms with van der Waals surface area (Å²) >= 11 is 0. The maximum atomic E-state index is 11.8. The minimum atomic E-state index is -0.609. The second-order valence-electron chi connectivity index (χ2n) is 4.96. The Kier molecular flexibility index (Phi) is 4.75. The van der Waals surface area contributed by atoms with E-state index in [1.54, 1.807) is 35.0 Å². The lowest BCUT2D eigenvalue weighted by Gasteiger charge is -2.08. The smallest absolute Gasteiger partial charge is 0.251 e. The molecular formula is C15H17N5O3. The van der Waals surface area contributed by atoms with Crippen molar-refractivity contribution in [2.45, 2.75) is 13.8 Å². The van der Waals surface area contributed by atoms with E-state index in [1.165, 1.54) is 6.92 Å². The molecule has 1 heterocycles. The van der Waals surface area contributed by atoms with Crippen molar-refractivity contribution in [3.05, 3.63) is 41.6 Å². The Morgan fingerprint density at radius 2 is 1.87 bits per heavy atom. The van der Waals surface area contributed by atoms with Crippen molar-refractivity contribution >= 4 is 23.5 Å². The lowest BCUT2D eigenvalue weighted by Crippen LogP contribution is -2.33. The SMILES string of the molecule is CC(=O)Nc1cc(C)nn1-c1ccc(C(=O)NCC(N)=O)cc1. The minimum Gasteiger partial charge on any atom is -0.368 e. The second kappa shape index (κ2) is 6.73. The molecule has 0 saturated heterocycles. The summed E-state index contributed by atoms with van der Waals surface area (Å²) in [4.78, 5) is 33.7. The Morgan fingerprint density at radius 1 is 1.22 bits per heavy atom. The van der Waals surface area contributed by atoms with Crippen LogP contribution in [0.2, 0.25) is 0 Å². The molecule has 0 unspecified atom stereocenters. The van der Waals surface area contributed by atoms with Crippen LogP contribution in [-0.2, 0) is 9.59 Å². The number of nitrogens with one attached hydrogen (secondary N) is 2. The molecule has 2 aromatic rings. The summed E-state index contributed by atoms with van der Waals surface area (Å²) in [5.41, 5.74) is 6.80. The number of aryl methyl sites for hydroxylation is 1. The van der Waals surface area contributed by atoms with Crippen molar-refractivity contribution in [3.63, 3.8) is 0 Å². The highest BCUT2D eigenvalue weighted by Gasteiger charge is 2.11. The van der Waals surface area contributed by atoms with Crippen LogP contribution in [0, 0.1) is 6.92 Å². The van der Waals surface area contributed by atoms with Crippen molar-refractivity contribution in [1.82, 2.24) is 15.1 Å². The number of hydrogen-bond donors (Lipinski definition) is 3. The zero-order valence-electron chi connectivity index (χ0n) is 12.8. The maximum Gasteiger partial charge on any atom is 0.251 e. The molecule has 0 fully saturated rings. The third-order valence-electron chi connectivity index (χ3n) is 2.93. The third-order valence-corrected chi connectivity index (χ3v) is 2.93. The molecule has 0 aliphatic carbocycles.